The lowest BCUT2D eigenvalue weighted by molar-refractivity contribution is -0.142. The van der Waals surface area contributed by atoms with E-state index in [0.29, 0.717) is 151 Å². The summed E-state index contributed by atoms with van der Waals surface area (Å²) < 4.78 is 107. The van der Waals surface area contributed by atoms with Crippen molar-refractivity contribution in [3.8, 4) is 17.2 Å². The average Bonchev–Trinajstić information content (AvgIpc) is 1.55. The van der Waals surface area contributed by atoms with Gasteiger partial charge in [0.25, 0.3) is 17.7 Å². The van der Waals surface area contributed by atoms with Crippen LogP contribution in [0.15, 0.2) is 109 Å². The van der Waals surface area contributed by atoms with Gasteiger partial charge in [0.15, 0.2) is 0 Å². The lowest BCUT2D eigenvalue weighted by Crippen LogP contribution is -2.60. The Labute approximate surface area is 903 Å². The van der Waals surface area contributed by atoms with Crippen LogP contribution < -0.4 is 43.1 Å². The fourth-order valence-electron chi connectivity index (χ4n) is 29.8. The first-order valence-electron chi connectivity index (χ1n) is 56.3. The van der Waals surface area contributed by atoms with Gasteiger partial charge in [-0.3, -0.25) is 38.6 Å². The maximum atomic E-state index is 13.9. The number of morpholine rings is 2. The number of fused-ring (bicyclic) bond motifs is 16. The number of halogens is 3. The molecular formula is C117H157Cl3N10O17S3. The second kappa shape index (κ2) is 43.1. The number of benzene rings is 6. The van der Waals surface area contributed by atoms with Gasteiger partial charge in [-0.25, -0.2) is 30.5 Å². The number of aryl methyl sites for hydroxylation is 3. The highest BCUT2D eigenvalue weighted by Crippen LogP contribution is 2.56. The van der Waals surface area contributed by atoms with Gasteiger partial charge in [-0.2, -0.15) is 0 Å². The molecule has 6 aromatic carbocycles. The molecule has 1 unspecified atom stereocenters. The van der Waals surface area contributed by atoms with Crippen molar-refractivity contribution in [3.63, 3.8) is 0 Å². The molecular weight excluding hydrogens is 2020 g/mol. The number of aliphatic hydroxyl groups is 3. The van der Waals surface area contributed by atoms with Crippen LogP contribution >= 0.6 is 34.8 Å². The number of nitrogens with zero attached hydrogens (tertiary/aromatic N) is 7. The van der Waals surface area contributed by atoms with Gasteiger partial charge in [0.1, 0.15) is 17.2 Å². The topological polar surface area (TPSA) is 319 Å². The summed E-state index contributed by atoms with van der Waals surface area (Å²) in [5.41, 5.74) is 7.48. The van der Waals surface area contributed by atoms with Crippen molar-refractivity contribution >= 4 is 111 Å². The maximum Gasteiger partial charge on any atom is 0.264 e. The van der Waals surface area contributed by atoms with Gasteiger partial charge in [0, 0.05) is 157 Å². The van der Waals surface area contributed by atoms with Gasteiger partial charge in [-0.15, -0.1) is 0 Å². The van der Waals surface area contributed by atoms with Crippen LogP contribution in [0.3, 0.4) is 0 Å². The van der Waals surface area contributed by atoms with Crippen LogP contribution in [0.4, 0.5) is 17.1 Å². The van der Waals surface area contributed by atoms with E-state index >= 15 is 0 Å². The first kappa shape index (κ1) is 108. The second-order valence-electron chi connectivity index (χ2n) is 49.0. The van der Waals surface area contributed by atoms with Crippen molar-refractivity contribution < 1.29 is 79.2 Å². The quantitative estimate of drug-likeness (QED) is 0.0771. The lowest BCUT2D eigenvalue weighted by atomic mass is 9.62. The summed E-state index contributed by atoms with van der Waals surface area (Å²) in [6.45, 7) is 26.4. The van der Waals surface area contributed by atoms with Gasteiger partial charge < -0.3 is 58.6 Å². The largest absolute Gasteiger partial charge is 0.490 e. The maximum absolute atomic E-state index is 13.9. The van der Waals surface area contributed by atoms with E-state index in [1.165, 1.54) is 33.4 Å². The van der Waals surface area contributed by atoms with E-state index < -0.39 is 68.9 Å². The van der Waals surface area contributed by atoms with Crippen molar-refractivity contribution in [2.45, 2.75) is 295 Å². The summed E-state index contributed by atoms with van der Waals surface area (Å²) in [5, 5.41) is 38.7. The van der Waals surface area contributed by atoms with Crippen molar-refractivity contribution in [1.29, 1.82) is 0 Å². The number of hydrogen-bond acceptors (Lipinski definition) is 23. The van der Waals surface area contributed by atoms with Gasteiger partial charge >= 0.3 is 0 Å². The smallest absolute Gasteiger partial charge is 0.264 e. The molecule has 6 aromatic rings. The number of β-amino-alcohol motifs (C(OH)–C–C–N with tert-alkyl or cyclic N) is 3. The molecule has 816 valence electrons. The van der Waals surface area contributed by atoms with Gasteiger partial charge in [0.2, 0.25) is 26.0 Å². The Hall–Kier alpha value is -7.53. The zero-order valence-electron chi connectivity index (χ0n) is 88.6. The van der Waals surface area contributed by atoms with Crippen LogP contribution in [0.25, 0.3) is 0 Å². The molecule has 23 atom stereocenters. The summed E-state index contributed by atoms with van der Waals surface area (Å²) in [6.07, 6.45) is 24.4. The number of nitrogens with one attached hydrogen (secondary N) is 3. The summed E-state index contributed by atoms with van der Waals surface area (Å²) in [4.78, 5) is 70.1. The molecule has 11 aliphatic heterocycles. The van der Waals surface area contributed by atoms with E-state index in [0.717, 1.165) is 232 Å². The number of anilines is 3. The zero-order valence-corrected chi connectivity index (χ0v) is 93.3. The fourth-order valence-corrected chi connectivity index (χ4v) is 34.5. The molecule has 3 saturated carbocycles. The minimum Gasteiger partial charge on any atom is -0.490 e. The molecule has 8 fully saturated rings. The molecule has 0 radical (unpaired) electrons. The van der Waals surface area contributed by atoms with E-state index in [1.54, 1.807) is 44.2 Å². The van der Waals surface area contributed by atoms with Crippen LogP contribution in [-0.4, -0.2) is 274 Å². The molecule has 33 heteroatoms. The van der Waals surface area contributed by atoms with Crippen LogP contribution in [0.5, 0.6) is 17.2 Å². The molecule has 3 spiro atoms. The molecule has 10 bridgehead atoms. The summed E-state index contributed by atoms with van der Waals surface area (Å²) >= 11 is 19.4. The van der Waals surface area contributed by atoms with Crippen LogP contribution in [0.2, 0.25) is 15.1 Å². The molecule has 5 saturated heterocycles. The minimum atomic E-state index is -3.98. The molecule has 150 heavy (non-hydrogen) atoms. The molecule has 6 aliphatic carbocycles. The highest BCUT2D eigenvalue weighted by Gasteiger charge is 2.57. The van der Waals surface area contributed by atoms with Crippen molar-refractivity contribution in [3.05, 3.63) is 174 Å². The number of likely N-dealkylation sites (tertiary alicyclic amines) is 2. The van der Waals surface area contributed by atoms with Crippen LogP contribution in [0.1, 0.15) is 267 Å². The molecule has 17 aliphatic rings. The summed E-state index contributed by atoms with van der Waals surface area (Å²) in [5.74, 6) is 5.32. The standard InChI is InChI=1S/C40H55ClN4O6S.C39H52ClN3O5S.C38H50ClN3O6S/c1-4-17-44-19-18-43(23-37(44)46)25-40(48)16-5-7-27(2)28(3)52(49,50)42-38(47)30-10-14-36-35(21-30)45(22-31-9-12-34(31)40)24-39(26-51-36)15-6-8-29-20-32(41)11-13-33(29)39;1-25-6-4-15-39(45,23-42-20-32-18-31(42)21-47-32)34-11-8-29(34)19-43-22-38(14-5-7-27-16-30(40)10-12-33(27)38)24-48-36-13-9-28(17-35(36)43)37(44)41-49(3,46)26(25)2;1-24-5-3-14-38(44,22-41-19-31-17-30(41)20-47-31)33-10-7-28(33)18-42-21-37(13-4-6-26-15-29(39)9-11-32(26)37)23-48-35-12-8-27(16-34(35)42)36(43)40-49(45,46)25(24)2/h10-11,13-14,20-21,27-28,31,34,48H,4-9,12,15-19,22-26H2,1-3H3,(H,42,47);9-10,12-13,16-17,25-26,29,31-32,34,45H,3-8,11,14-15,18-24H2,1-2H3,(H,41,44,46);8-9,11-12,15-16,24-25,28,30-31,33,44H,3-7,10,13-14,17-23H2,1-2H3,(H,40,43)/t27-,28+,31-,34+,39-,40-;25-,26+,29-,31+,32+,34+,38-,39-,49?;24-,25+,28-,30+,31+,33+,37-,38+/m000/s1. The third-order valence-corrected chi connectivity index (χ3v) is 46.2. The Morgan fingerprint density at radius 2 is 0.780 bits per heavy atom. The molecule has 11 heterocycles. The third-order valence-electron chi connectivity index (χ3n) is 39.5. The lowest BCUT2D eigenvalue weighted by Gasteiger charge is -2.52. The van der Waals surface area contributed by atoms with Crippen molar-refractivity contribution in [2.75, 3.05) is 146 Å². The van der Waals surface area contributed by atoms with E-state index in [4.69, 9.17) is 58.5 Å². The zero-order chi connectivity index (χ0) is 105. The molecule has 6 N–H and O–H groups in total. The number of piperazine rings is 1. The second-order valence-corrected chi connectivity index (χ2v) is 56.8. The fraction of sp³-hybridized carbons (Fsp3) is 0.650. The predicted octanol–water partition coefficient (Wildman–Crippen LogP) is 16.3. The monoisotopic (exact) mass is 2170 g/mol. The molecule has 23 rings (SSSR count). The van der Waals surface area contributed by atoms with Crippen molar-refractivity contribution in [1.82, 2.24) is 33.8 Å². The third kappa shape index (κ3) is 21.7. The predicted molar refractivity (Wildman–Crippen MR) is 590 cm³/mol. The van der Waals surface area contributed by atoms with E-state index in [1.807, 2.05) is 68.1 Å². The number of amides is 4. The summed E-state index contributed by atoms with van der Waals surface area (Å²) in [6, 6.07) is 35.6. The molecule has 4 amide bonds. The number of sulfonamides is 2. The Bertz CT molecular complexity index is 6180. The first-order valence-corrected chi connectivity index (χ1v) is 62.3. The minimum absolute atomic E-state index is 0.00754. The number of rotatable bonds is 8. The Kier molecular flexibility index (Phi) is 31.0. The Morgan fingerprint density at radius 1 is 0.420 bits per heavy atom. The SMILES string of the molecule is C=S1(=O)NC(=O)c2ccc3c(c2)N(C[C@@H]2CC[C@H]2[C@@](O)(CN2C[C@H]4C[C@@H]2CO4)CCC[C@H](C)[C@H]1C)C[C@@]1(CCCc2cc(Cl)ccc21)CO3.CCCN1CCN(C[C@@]2(O)CCC[C@H](C)[C@@H](C)S(=O)(=O)NC(=O)c3ccc4c(c3)N(C[C@@H]3CC[C@H]32)C[C@@]2(CCCc3cc(Cl)ccc32)CO4)CC1=O.C[C@@H]1[C@@H](C)CCC[C@@](O)(CN2C[C@H]3C[C@@H]2CO3)[C@@H]2CC[C@H]2CN2C[C@@]3(CCCc4cc(Cl)ccc43)COc3ccc(cc32)C(=O)NS1(=O)=O. The Balaban J connectivity index is 0.000000131. The van der Waals surface area contributed by atoms with Gasteiger partial charge in [-0.05, 0) is 358 Å². The van der Waals surface area contributed by atoms with E-state index in [-0.39, 0.29) is 98.4 Å². The van der Waals surface area contributed by atoms with Gasteiger partial charge in [0.05, 0.1) is 106 Å². The highest BCUT2D eigenvalue weighted by atomic mass is 35.5. The first-order chi connectivity index (χ1) is 71.7. The normalized spacial score (nSPS) is 36.4. The number of carbonyl (C=O) groups excluding carboxylic acids is 4. The van der Waals surface area contributed by atoms with Crippen LogP contribution in [0, 0.1) is 53.3 Å². The Morgan fingerprint density at radius 3 is 1.11 bits per heavy atom. The number of ether oxygens (including phenoxy) is 5. The molecule has 0 aromatic heterocycles. The summed E-state index contributed by atoms with van der Waals surface area (Å²) in [7, 11) is -10.9. The molecule has 27 nitrogen and oxygen atoms in total. The highest BCUT2D eigenvalue weighted by molar-refractivity contribution is 7.99. The number of carbonyl (C=O) groups is 4. The van der Waals surface area contributed by atoms with Crippen molar-refractivity contribution in [2.24, 2.45) is 53.3 Å². The van der Waals surface area contributed by atoms with Crippen LogP contribution in [-0.2, 0) is 79.5 Å². The van der Waals surface area contributed by atoms with E-state index in [2.05, 4.69) is 99.7 Å². The van der Waals surface area contributed by atoms with Gasteiger partial charge in [-0.1, -0.05) is 100.0 Å². The average molecular weight is 2180 g/mol. The van der Waals surface area contributed by atoms with E-state index in [9.17, 15) is 55.5 Å². The number of hydrogen-bond donors (Lipinski definition) is 6.